The Balaban J connectivity index is 2.06. The highest BCUT2D eigenvalue weighted by Gasteiger charge is 2.26. The second-order valence-electron chi connectivity index (χ2n) is 7.99. The van der Waals surface area contributed by atoms with E-state index in [0.29, 0.717) is 12.3 Å². The average Bonchev–Trinajstić information content (AvgIpc) is 2.71. The maximum absolute atomic E-state index is 13.1. The number of aryl methyl sites for hydroxylation is 2. The van der Waals surface area contributed by atoms with Crippen molar-refractivity contribution in [3.63, 3.8) is 0 Å². The predicted molar refractivity (Wildman–Crippen MR) is 126 cm³/mol. The minimum absolute atomic E-state index is 0.0139. The van der Waals surface area contributed by atoms with Crippen LogP contribution in [-0.4, -0.2) is 34.6 Å². The molecule has 2 atom stereocenters. The number of nitrogens with zero attached hydrogens (tertiary/aromatic N) is 1. The zero-order chi connectivity index (χ0) is 22.1. The number of hydrogen-bond donors (Lipinski definition) is 1. The van der Waals surface area contributed by atoms with Gasteiger partial charge in [0.2, 0.25) is 11.8 Å². The summed E-state index contributed by atoms with van der Waals surface area (Å²) >= 11 is 1.60. The summed E-state index contributed by atoms with van der Waals surface area (Å²) in [4.78, 5) is 27.5. The van der Waals surface area contributed by atoms with Gasteiger partial charge in [-0.2, -0.15) is 0 Å². The van der Waals surface area contributed by atoms with Crippen molar-refractivity contribution in [3.05, 3.63) is 70.8 Å². The molecule has 0 aliphatic carbocycles. The van der Waals surface area contributed by atoms with Crippen molar-refractivity contribution in [1.82, 2.24) is 10.2 Å². The number of carbonyl (C=O) groups is 2. The highest BCUT2D eigenvalue weighted by atomic mass is 32.2. The lowest BCUT2D eigenvalue weighted by molar-refractivity contribution is -0.138. The van der Waals surface area contributed by atoms with Crippen molar-refractivity contribution < 1.29 is 9.59 Å². The summed E-state index contributed by atoms with van der Waals surface area (Å²) < 4.78 is 0. The molecule has 0 aromatic heterocycles. The molecule has 0 heterocycles. The van der Waals surface area contributed by atoms with Gasteiger partial charge in [-0.1, -0.05) is 66.6 Å². The molecule has 1 N–H and O–H groups in total. The molecule has 0 saturated carbocycles. The van der Waals surface area contributed by atoms with E-state index in [1.165, 1.54) is 16.7 Å². The second kappa shape index (κ2) is 11.8. The molecule has 4 nitrogen and oxygen atoms in total. The maximum atomic E-state index is 13.1. The van der Waals surface area contributed by atoms with Crippen LogP contribution in [0.5, 0.6) is 0 Å². The summed E-state index contributed by atoms with van der Waals surface area (Å²) in [5.74, 6) is 1.01. The first-order chi connectivity index (χ1) is 14.3. The largest absolute Gasteiger partial charge is 0.352 e. The smallest absolute Gasteiger partial charge is 0.242 e. The normalized spacial score (nSPS) is 12.8. The third kappa shape index (κ3) is 7.52. The van der Waals surface area contributed by atoms with E-state index in [-0.39, 0.29) is 17.9 Å². The Morgan fingerprint density at radius 2 is 1.63 bits per heavy atom. The Labute approximate surface area is 185 Å². The van der Waals surface area contributed by atoms with Crippen LogP contribution in [0.15, 0.2) is 48.5 Å². The van der Waals surface area contributed by atoms with E-state index in [4.69, 9.17) is 0 Å². The summed E-state index contributed by atoms with van der Waals surface area (Å²) in [7, 11) is 0. The molecule has 2 rings (SSSR count). The van der Waals surface area contributed by atoms with Gasteiger partial charge in [-0.05, 0) is 45.2 Å². The average molecular weight is 427 g/mol. The molecule has 30 heavy (non-hydrogen) atoms. The van der Waals surface area contributed by atoms with Crippen molar-refractivity contribution in [1.29, 1.82) is 0 Å². The van der Waals surface area contributed by atoms with Gasteiger partial charge in [0.05, 0.1) is 5.75 Å². The first-order valence-electron chi connectivity index (χ1n) is 10.6. The lowest BCUT2D eigenvalue weighted by Crippen LogP contribution is -2.50. The number of benzene rings is 2. The summed E-state index contributed by atoms with van der Waals surface area (Å²) in [5, 5.41) is 3.01. The summed E-state index contributed by atoms with van der Waals surface area (Å²) in [6.07, 6.45) is 0.858. The SMILES string of the molecule is CCC(C)NC(=O)C(C)N(Cc1ccccc1)C(=O)CSCc1cc(C)cc(C)c1. The molecule has 0 spiro atoms. The van der Waals surface area contributed by atoms with Crippen LogP contribution in [0.3, 0.4) is 0 Å². The molecule has 2 aromatic rings. The third-order valence-corrected chi connectivity index (χ3v) is 6.13. The van der Waals surface area contributed by atoms with Gasteiger partial charge in [0, 0.05) is 18.3 Å². The van der Waals surface area contributed by atoms with E-state index in [9.17, 15) is 9.59 Å². The van der Waals surface area contributed by atoms with Crippen molar-refractivity contribution in [2.75, 3.05) is 5.75 Å². The van der Waals surface area contributed by atoms with E-state index in [1.54, 1.807) is 16.7 Å². The van der Waals surface area contributed by atoms with Gasteiger partial charge in [-0.25, -0.2) is 0 Å². The lowest BCUT2D eigenvalue weighted by Gasteiger charge is -2.29. The molecule has 2 unspecified atom stereocenters. The highest BCUT2D eigenvalue weighted by Crippen LogP contribution is 2.18. The van der Waals surface area contributed by atoms with Gasteiger partial charge in [-0.15, -0.1) is 11.8 Å². The molecule has 0 fully saturated rings. The van der Waals surface area contributed by atoms with Crippen LogP contribution in [-0.2, 0) is 21.9 Å². The standard InChI is InChI=1S/C25H34N2O2S/c1-6-20(4)26-25(29)21(5)27(15-22-10-8-7-9-11-22)24(28)17-30-16-23-13-18(2)12-19(3)14-23/h7-14,20-21H,6,15-17H2,1-5H3,(H,26,29). The van der Waals surface area contributed by atoms with Crippen molar-refractivity contribution >= 4 is 23.6 Å². The fraction of sp³-hybridized carbons (Fsp3) is 0.440. The summed E-state index contributed by atoms with van der Waals surface area (Å²) in [6.45, 7) is 10.4. The van der Waals surface area contributed by atoms with Gasteiger partial charge in [0.1, 0.15) is 6.04 Å². The maximum Gasteiger partial charge on any atom is 0.242 e. The van der Waals surface area contributed by atoms with Crippen molar-refractivity contribution in [3.8, 4) is 0 Å². The molecule has 0 aliphatic rings. The van der Waals surface area contributed by atoms with E-state index in [1.807, 2.05) is 51.1 Å². The van der Waals surface area contributed by atoms with E-state index in [0.717, 1.165) is 17.7 Å². The fourth-order valence-corrected chi connectivity index (χ4v) is 4.16. The second-order valence-corrected chi connectivity index (χ2v) is 8.98. The Kier molecular flexibility index (Phi) is 9.44. The Morgan fingerprint density at radius 1 is 1.00 bits per heavy atom. The molecule has 5 heteroatoms. The first kappa shape index (κ1) is 24.0. The van der Waals surface area contributed by atoms with Crippen LogP contribution >= 0.6 is 11.8 Å². The third-order valence-electron chi connectivity index (χ3n) is 5.14. The number of amides is 2. The van der Waals surface area contributed by atoms with Crippen LogP contribution < -0.4 is 5.32 Å². The topological polar surface area (TPSA) is 49.4 Å². The van der Waals surface area contributed by atoms with Gasteiger partial charge < -0.3 is 10.2 Å². The molecular formula is C25H34N2O2S. The monoisotopic (exact) mass is 426 g/mol. The van der Waals surface area contributed by atoms with Crippen LogP contribution in [0.1, 0.15) is 49.4 Å². The quantitative estimate of drug-likeness (QED) is 0.590. The van der Waals surface area contributed by atoms with Crippen LogP contribution in [0.2, 0.25) is 0 Å². The van der Waals surface area contributed by atoms with Crippen molar-refractivity contribution in [2.45, 2.75) is 65.4 Å². The van der Waals surface area contributed by atoms with E-state index in [2.05, 4.69) is 37.4 Å². The Hall–Kier alpha value is -2.27. The van der Waals surface area contributed by atoms with Crippen molar-refractivity contribution in [2.24, 2.45) is 0 Å². The number of nitrogens with one attached hydrogen (secondary N) is 1. The predicted octanol–water partition coefficient (Wildman–Crippen LogP) is 4.87. The zero-order valence-electron chi connectivity index (χ0n) is 18.8. The zero-order valence-corrected chi connectivity index (χ0v) is 19.6. The van der Waals surface area contributed by atoms with E-state index >= 15 is 0 Å². The lowest BCUT2D eigenvalue weighted by atomic mass is 10.1. The van der Waals surface area contributed by atoms with Gasteiger partial charge in [-0.3, -0.25) is 9.59 Å². The molecule has 0 aliphatic heterocycles. The molecule has 2 aromatic carbocycles. The van der Waals surface area contributed by atoms with Gasteiger partial charge in [0.15, 0.2) is 0 Å². The summed E-state index contributed by atoms with van der Waals surface area (Å²) in [6, 6.07) is 15.9. The molecule has 0 bridgehead atoms. The molecule has 0 saturated heterocycles. The highest BCUT2D eigenvalue weighted by molar-refractivity contribution is 7.99. The van der Waals surface area contributed by atoms with Crippen LogP contribution in [0, 0.1) is 13.8 Å². The first-order valence-corrected chi connectivity index (χ1v) is 11.7. The molecule has 162 valence electrons. The number of carbonyl (C=O) groups excluding carboxylic acids is 2. The Bertz CT molecular complexity index is 818. The minimum Gasteiger partial charge on any atom is -0.352 e. The number of thioether (sulfide) groups is 1. The van der Waals surface area contributed by atoms with Gasteiger partial charge in [0.25, 0.3) is 0 Å². The fourth-order valence-electron chi connectivity index (χ4n) is 3.32. The van der Waals surface area contributed by atoms with Gasteiger partial charge >= 0.3 is 0 Å². The molecule has 0 radical (unpaired) electrons. The minimum atomic E-state index is -0.520. The molecular weight excluding hydrogens is 392 g/mol. The number of hydrogen-bond acceptors (Lipinski definition) is 3. The van der Waals surface area contributed by atoms with Crippen LogP contribution in [0.25, 0.3) is 0 Å². The number of rotatable bonds is 10. The van der Waals surface area contributed by atoms with Crippen LogP contribution in [0.4, 0.5) is 0 Å². The summed E-state index contributed by atoms with van der Waals surface area (Å²) in [5.41, 5.74) is 4.71. The Morgan fingerprint density at radius 3 is 2.23 bits per heavy atom. The molecule has 2 amide bonds. The van der Waals surface area contributed by atoms with E-state index < -0.39 is 6.04 Å².